The number of hydrogen-bond acceptors (Lipinski definition) is 8. The molecule has 156 valence electrons. The van der Waals surface area contributed by atoms with Crippen LogP contribution in [0.5, 0.6) is 11.5 Å². The van der Waals surface area contributed by atoms with Crippen LogP contribution in [0, 0.1) is 0 Å². The molecule has 0 aromatic heterocycles. The van der Waals surface area contributed by atoms with E-state index < -0.39 is 30.5 Å². The quantitative estimate of drug-likeness (QED) is 0.307. The van der Waals surface area contributed by atoms with Crippen LogP contribution in [0.3, 0.4) is 0 Å². The number of aliphatic imine (C=N–C) groups is 1. The van der Waals surface area contributed by atoms with Crippen LogP contribution in [0.2, 0.25) is 0 Å². The van der Waals surface area contributed by atoms with Crippen molar-refractivity contribution in [2.75, 3.05) is 0 Å². The average Bonchev–Trinajstić information content (AvgIpc) is 2.60. The lowest BCUT2D eigenvalue weighted by Crippen LogP contribution is -2.57. The Kier molecular flexibility index (Phi) is 6.45. The van der Waals surface area contributed by atoms with Gasteiger partial charge in [-0.25, -0.2) is 0 Å². The van der Waals surface area contributed by atoms with E-state index in [4.69, 9.17) is 5.73 Å². The van der Waals surface area contributed by atoms with E-state index in [0.717, 1.165) is 12.3 Å². The van der Waals surface area contributed by atoms with Crippen molar-refractivity contribution in [3.05, 3.63) is 65.7 Å². The summed E-state index contributed by atoms with van der Waals surface area (Å²) in [6.07, 6.45) is 2.41. The van der Waals surface area contributed by atoms with Crippen LogP contribution >= 0.6 is 0 Å². The maximum atomic E-state index is 11.9. The predicted molar refractivity (Wildman–Crippen MR) is 107 cm³/mol. The molecule has 10 nitrogen and oxygen atoms in total. The lowest BCUT2D eigenvalue weighted by atomic mass is 10.1. The molecule has 0 aliphatic heterocycles. The third-order valence-corrected chi connectivity index (χ3v) is 6.36. The van der Waals surface area contributed by atoms with Gasteiger partial charge < -0.3 is 10.2 Å². The van der Waals surface area contributed by atoms with Crippen molar-refractivity contribution in [1.82, 2.24) is 0 Å². The van der Waals surface area contributed by atoms with Gasteiger partial charge in [0.2, 0.25) is 0 Å². The molecule has 2 aromatic carbocycles. The third kappa shape index (κ3) is 5.19. The summed E-state index contributed by atoms with van der Waals surface area (Å²) >= 11 is 0. The van der Waals surface area contributed by atoms with Gasteiger partial charge in [0.25, 0.3) is 15.1 Å². The van der Waals surface area contributed by atoms with Crippen LogP contribution < -0.4 is 5.73 Å². The Balaban J connectivity index is 2.62. The number of phenolic OH excluding ortho intramolecular Hbond substituents is 2. The van der Waals surface area contributed by atoms with Crippen LogP contribution in [0.15, 0.2) is 59.6 Å². The standard InChI is InChI=1S/C17H18N2O8S2/c18-17(29(25,26)27,19-11-13-6-2-4-8-15(13)21)16(28(22,23)24)10-9-12-5-1-3-7-14(12)20/h1-11,16,20-21H,18H2,(H,22,23,24)(H,25,26,27)/b10-9+,19-11-. The van der Waals surface area contributed by atoms with Crippen molar-refractivity contribution in [3.8, 4) is 11.5 Å². The van der Waals surface area contributed by atoms with Crippen LogP contribution in [0.25, 0.3) is 6.08 Å². The smallest absolute Gasteiger partial charge is 0.306 e. The molecule has 0 spiro atoms. The number of rotatable bonds is 7. The average molecular weight is 442 g/mol. The Morgan fingerprint density at radius 3 is 1.83 bits per heavy atom. The van der Waals surface area contributed by atoms with Gasteiger partial charge in [0.15, 0.2) is 5.25 Å². The second-order valence-electron chi connectivity index (χ2n) is 5.90. The van der Waals surface area contributed by atoms with Gasteiger partial charge in [0.1, 0.15) is 11.5 Å². The van der Waals surface area contributed by atoms with Gasteiger partial charge in [0, 0.05) is 17.3 Å². The molecular weight excluding hydrogens is 424 g/mol. The first kappa shape index (κ1) is 22.5. The Morgan fingerprint density at radius 2 is 1.38 bits per heavy atom. The van der Waals surface area contributed by atoms with Crippen molar-refractivity contribution >= 4 is 32.5 Å². The number of para-hydroxylation sites is 2. The fourth-order valence-corrected chi connectivity index (χ4v) is 4.38. The van der Waals surface area contributed by atoms with E-state index in [-0.39, 0.29) is 22.6 Å². The van der Waals surface area contributed by atoms with E-state index in [1.54, 1.807) is 0 Å². The highest BCUT2D eigenvalue weighted by Gasteiger charge is 2.51. The molecule has 0 aliphatic carbocycles. The van der Waals surface area contributed by atoms with Crippen molar-refractivity contribution in [3.63, 3.8) is 0 Å². The summed E-state index contributed by atoms with van der Waals surface area (Å²) < 4.78 is 66.7. The molecule has 29 heavy (non-hydrogen) atoms. The molecule has 12 heteroatoms. The van der Waals surface area contributed by atoms with Gasteiger partial charge in [0.05, 0.1) is 0 Å². The lowest BCUT2D eigenvalue weighted by Gasteiger charge is -2.26. The van der Waals surface area contributed by atoms with Gasteiger partial charge in [-0.3, -0.25) is 19.8 Å². The molecule has 0 aliphatic rings. The fourth-order valence-electron chi connectivity index (χ4n) is 2.32. The van der Waals surface area contributed by atoms with E-state index in [9.17, 15) is 36.2 Å². The number of nitrogens with two attached hydrogens (primary N) is 1. The summed E-state index contributed by atoms with van der Waals surface area (Å²) in [6.45, 7) is 0. The molecule has 0 saturated heterocycles. The van der Waals surface area contributed by atoms with Crippen molar-refractivity contribution in [2.24, 2.45) is 10.7 Å². The monoisotopic (exact) mass is 442 g/mol. The molecule has 0 heterocycles. The number of benzene rings is 2. The van der Waals surface area contributed by atoms with Crippen molar-refractivity contribution in [2.45, 2.75) is 10.2 Å². The topological polar surface area (TPSA) is 188 Å². The first-order valence-corrected chi connectivity index (χ1v) is 10.8. The van der Waals surface area contributed by atoms with E-state index in [0.29, 0.717) is 6.08 Å². The zero-order valence-corrected chi connectivity index (χ0v) is 16.3. The third-order valence-electron chi connectivity index (χ3n) is 3.87. The largest absolute Gasteiger partial charge is 0.507 e. The zero-order chi connectivity index (χ0) is 21.9. The van der Waals surface area contributed by atoms with Crippen LogP contribution in [0.1, 0.15) is 11.1 Å². The molecule has 2 atom stereocenters. The number of phenols is 2. The number of aromatic hydroxyl groups is 2. The second kappa shape index (κ2) is 8.31. The van der Waals surface area contributed by atoms with E-state index in [2.05, 4.69) is 4.99 Å². The number of hydrogen-bond donors (Lipinski definition) is 5. The molecule has 2 unspecified atom stereocenters. The predicted octanol–water partition coefficient (Wildman–Crippen LogP) is 0.987. The number of nitrogens with zero attached hydrogens (tertiary/aromatic N) is 1. The maximum absolute atomic E-state index is 11.9. The summed E-state index contributed by atoms with van der Waals surface area (Å²) in [5.74, 6) is -0.577. The molecule has 0 fully saturated rings. The van der Waals surface area contributed by atoms with Gasteiger partial charge in [-0.15, -0.1) is 0 Å². The summed E-state index contributed by atoms with van der Waals surface area (Å²) in [7, 11) is -10.6. The van der Waals surface area contributed by atoms with E-state index in [1.165, 1.54) is 48.5 Å². The lowest BCUT2D eigenvalue weighted by molar-refractivity contribution is 0.411. The Morgan fingerprint density at radius 1 is 0.897 bits per heavy atom. The Bertz CT molecular complexity index is 1160. The first-order valence-electron chi connectivity index (χ1n) is 7.88. The minimum atomic E-state index is -5.40. The van der Waals surface area contributed by atoms with Crippen LogP contribution in [0.4, 0.5) is 0 Å². The molecular formula is C17H18N2O8S2. The SMILES string of the molecule is NC(/N=C\c1ccccc1O)(C(/C=C/c1ccccc1O)S(=O)(=O)O)S(=O)(=O)O. The fraction of sp³-hybridized carbons (Fsp3) is 0.118. The molecule has 2 rings (SSSR count). The Labute approximate surface area is 167 Å². The van der Waals surface area contributed by atoms with Crippen molar-refractivity contribution in [1.29, 1.82) is 0 Å². The van der Waals surface area contributed by atoms with E-state index in [1.807, 2.05) is 0 Å². The van der Waals surface area contributed by atoms with Gasteiger partial charge in [-0.1, -0.05) is 42.5 Å². The van der Waals surface area contributed by atoms with Crippen LogP contribution in [-0.4, -0.2) is 52.6 Å². The minimum absolute atomic E-state index is 0.0234. The van der Waals surface area contributed by atoms with Crippen LogP contribution in [-0.2, 0) is 20.2 Å². The highest BCUT2D eigenvalue weighted by molar-refractivity contribution is 7.91. The zero-order valence-electron chi connectivity index (χ0n) is 14.7. The molecule has 2 aromatic rings. The van der Waals surface area contributed by atoms with Gasteiger partial charge >= 0.3 is 10.1 Å². The first-order chi connectivity index (χ1) is 13.4. The normalized spacial score (nSPS) is 16.1. The molecule has 0 amide bonds. The summed E-state index contributed by atoms with van der Waals surface area (Å²) in [5.41, 5.74) is 5.70. The van der Waals surface area contributed by atoms with Crippen molar-refractivity contribution < 1.29 is 36.2 Å². The summed E-state index contributed by atoms with van der Waals surface area (Å²) in [4.78, 5) is 0.201. The maximum Gasteiger partial charge on any atom is 0.306 e. The minimum Gasteiger partial charge on any atom is -0.507 e. The molecule has 0 radical (unpaired) electrons. The molecule has 0 saturated carbocycles. The highest BCUT2D eigenvalue weighted by atomic mass is 32.2. The second-order valence-corrected chi connectivity index (χ2v) is 9.04. The molecule has 6 N–H and O–H groups in total. The van der Waals surface area contributed by atoms with E-state index >= 15 is 0 Å². The summed E-state index contributed by atoms with van der Waals surface area (Å²) in [5, 5.41) is 17.0. The summed E-state index contributed by atoms with van der Waals surface area (Å²) in [6, 6.07) is 11.2. The van der Waals surface area contributed by atoms with Gasteiger partial charge in [-0.2, -0.15) is 16.8 Å². The van der Waals surface area contributed by atoms with Gasteiger partial charge in [-0.05, 0) is 18.2 Å². The Hall–Kier alpha value is -2.77. The molecule has 0 bridgehead atoms. The highest BCUT2D eigenvalue weighted by Crippen LogP contribution is 2.27.